The standard InChI is InChI=1S/C12H7Br3N2O/c13-8-4-1-5-9(14)10(8)17-12(18)7-3-2-6-16-11(7)15/h1-6H,(H,17,18). The number of benzene rings is 1. The lowest BCUT2D eigenvalue weighted by Gasteiger charge is -2.10. The number of halogens is 3. The first-order valence-electron chi connectivity index (χ1n) is 4.95. The van der Waals surface area contributed by atoms with Gasteiger partial charge < -0.3 is 5.32 Å². The zero-order chi connectivity index (χ0) is 13.1. The smallest absolute Gasteiger partial charge is 0.258 e. The molecule has 3 nitrogen and oxygen atoms in total. The zero-order valence-corrected chi connectivity index (χ0v) is 13.7. The van der Waals surface area contributed by atoms with Crippen molar-refractivity contribution in [3.05, 3.63) is 55.6 Å². The van der Waals surface area contributed by atoms with Gasteiger partial charge in [0.2, 0.25) is 0 Å². The normalized spacial score (nSPS) is 10.2. The fourth-order valence-electron chi connectivity index (χ4n) is 1.35. The Labute approximate surface area is 129 Å². The number of anilines is 1. The summed E-state index contributed by atoms with van der Waals surface area (Å²) in [6, 6.07) is 9.02. The van der Waals surface area contributed by atoms with Gasteiger partial charge in [-0.15, -0.1) is 0 Å². The maximum Gasteiger partial charge on any atom is 0.258 e. The molecule has 0 aliphatic rings. The van der Waals surface area contributed by atoms with Gasteiger partial charge in [-0.1, -0.05) is 6.07 Å². The van der Waals surface area contributed by atoms with Crippen molar-refractivity contribution in [3.63, 3.8) is 0 Å². The van der Waals surface area contributed by atoms with E-state index in [0.29, 0.717) is 15.9 Å². The summed E-state index contributed by atoms with van der Waals surface area (Å²) in [6.07, 6.45) is 1.62. The minimum absolute atomic E-state index is 0.220. The Morgan fingerprint density at radius 2 is 1.72 bits per heavy atom. The van der Waals surface area contributed by atoms with Gasteiger partial charge in [-0.05, 0) is 72.1 Å². The van der Waals surface area contributed by atoms with Crippen molar-refractivity contribution in [3.8, 4) is 0 Å². The summed E-state index contributed by atoms with van der Waals surface area (Å²) in [5.74, 6) is -0.220. The Hall–Kier alpha value is -0.720. The molecule has 1 N–H and O–H groups in total. The number of para-hydroxylation sites is 1. The molecule has 92 valence electrons. The Bertz CT molecular complexity index is 581. The molecule has 0 unspecified atom stereocenters. The van der Waals surface area contributed by atoms with Crippen molar-refractivity contribution >= 4 is 59.4 Å². The van der Waals surface area contributed by atoms with Gasteiger partial charge in [0.1, 0.15) is 4.60 Å². The number of nitrogens with zero attached hydrogens (tertiary/aromatic N) is 1. The highest BCUT2D eigenvalue weighted by atomic mass is 79.9. The van der Waals surface area contributed by atoms with Crippen LogP contribution in [0.15, 0.2) is 50.1 Å². The van der Waals surface area contributed by atoms with Gasteiger partial charge in [-0.3, -0.25) is 4.79 Å². The van der Waals surface area contributed by atoms with Gasteiger partial charge >= 0.3 is 0 Å². The molecule has 1 amide bonds. The van der Waals surface area contributed by atoms with Crippen molar-refractivity contribution in [1.29, 1.82) is 0 Å². The van der Waals surface area contributed by atoms with Crippen LogP contribution in [0.5, 0.6) is 0 Å². The van der Waals surface area contributed by atoms with Crippen LogP contribution < -0.4 is 5.32 Å². The number of hydrogen-bond acceptors (Lipinski definition) is 2. The van der Waals surface area contributed by atoms with Crippen LogP contribution in [-0.2, 0) is 0 Å². The Morgan fingerprint density at radius 3 is 2.33 bits per heavy atom. The second kappa shape index (κ2) is 5.95. The van der Waals surface area contributed by atoms with Crippen molar-refractivity contribution in [2.75, 3.05) is 5.32 Å². The molecule has 6 heteroatoms. The summed E-state index contributed by atoms with van der Waals surface area (Å²) < 4.78 is 2.14. The van der Waals surface area contributed by atoms with Crippen LogP contribution in [0.1, 0.15) is 10.4 Å². The molecular formula is C12H7Br3N2O. The van der Waals surface area contributed by atoms with Crippen molar-refractivity contribution in [1.82, 2.24) is 4.98 Å². The molecule has 1 aromatic carbocycles. The number of carbonyl (C=O) groups excluding carboxylic acids is 1. The van der Waals surface area contributed by atoms with Crippen molar-refractivity contribution in [2.45, 2.75) is 0 Å². The lowest BCUT2D eigenvalue weighted by atomic mass is 10.2. The third kappa shape index (κ3) is 2.99. The van der Waals surface area contributed by atoms with E-state index in [1.54, 1.807) is 18.3 Å². The number of aromatic nitrogens is 1. The third-order valence-corrected chi connectivity index (χ3v) is 4.16. The molecule has 0 saturated carbocycles. The van der Waals surface area contributed by atoms with Crippen LogP contribution in [0.3, 0.4) is 0 Å². The lowest BCUT2D eigenvalue weighted by molar-refractivity contribution is 0.102. The van der Waals surface area contributed by atoms with Crippen molar-refractivity contribution in [2.24, 2.45) is 0 Å². The van der Waals surface area contributed by atoms with E-state index in [0.717, 1.165) is 8.95 Å². The Balaban J connectivity index is 2.30. The van der Waals surface area contributed by atoms with Crippen LogP contribution >= 0.6 is 47.8 Å². The fraction of sp³-hybridized carbons (Fsp3) is 0. The molecule has 0 saturated heterocycles. The number of rotatable bonds is 2. The summed E-state index contributed by atoms with van der Waals surface area (Å²) in [5, 5.41) is 2.83. The SMILES string of the molecule is O=C(Nc1c(Br)cccc1Br)c1cccnc1Br. The molecule has 0 radical (unpaired) electrons. The van der Waals surface area contributed by atoms with Gasteiger partial charge in [0, 0.05) is 15.1 Å². The molecule has 0 aliphatic carbocycles. The molecule has 2 aromatic rings. The summed E-state index contributed by atoms with van der Waals surface area (Å²) >= 11 is 10.0. The average Bonchev–Trinajstić information content (AvgIpc) is 2.34. The molecule has 1 heterocycles. The number of carbonyl (C=O) groups is 1. The first kappa shape index (κ1) is 13.7. The predicted octanol–water partition coefficient (Wildman–Crippen LogP) is 4.62. The second-order valence-electron chi connectivity index (χ2n) is 3.39. The van der Waals surface area contributed by atoms with Crippen LogP contribution in [0.2, 0.25) is 0 Å². The average molecular weight is 435 g/mol. The monoisotopic (exact) mass is 432 g/mol. The highest BCUT2D eigenvalue weighted by Gasteiger charge is 2.13. The third-order valence-electron chi connectivity index (χ3n) is 2.21. The number of nitrogens with one attached hydrogen (secondary N) is 1. The van der Waals surface area contributed by atoms with E-state index >= 15 is 0 Å². The minimum Gasteiger partial charge on any atom is -0.320 e. The summed E-state index contributed by atoms with van der Waals surface area (Å²) in [5.41, 5.74) is 1.18. The van der Waals surface area contributed by atoms with Crippen LogP contribution in [-0.4, -0.2) is 10.9 Å². The van der Waals surface area contributed by atoms with E-state index in [4.69, 9.17) is 0 Å². The molecule has 0 atom stereocenters. The molecule has 18 heavy (non-hydrogen) atoms. The van der Waals surface area contributed by atoms with E-state index in [2.05, 4.69) is 58.1 Å². The van der Waals surface area contributed by atoms with E-state index in [9.17, 15) is 4.79 Å². The second-order valence-corrected chi connectivity index (χ2v) is 5.85. The van der Waals surface area contributed by atoms with Crippen LogP contribution in [0.4, 0.5) is 5.69 Å². The van der Waals surface area contributed by atoms with E-state index in [1.807, 2.05) is 18.2 Å². The largest absolute Gasteiger partial charge is 0.320 e. The van der Waals surface area contributed by atoms with Crippen molar-refractivity contribution < 1.29 is 4.79 Å². The summed E-state index contributed by atoms with van der Waals surface area (Å²) in [6.45, 7) is 0. The predicted molar refractivity (Wildman–Crippen MR) is 81.7 cm³/mol. The maximum atomic E-state index is 12.1. The summed E-state index contributed by atoms with van der Waals surface area (Å²) in [7, 11) is 0. The first-order valence-corrected chi connectivity index (χ1v) is 7.33. The minimum atomic E-state index is -0.220. The number of amides is 1. The van der Waals surface area contributed by atoms with Gasteiger partial charge in [-0.25, -0.2) is 4.98 Å². The van der Waals surface area contributed by atoms with Gasteiger partial charge in [0.15, 0.2) is 0 Å². The zero-order valence-electron chi connectivity index (χ0n) is 8.95. The first-order chi connectivity index (χ1) is 8.59. The van der Waals surface area contributed by atoms with Gasteiger partial charge in [0.25, 0.3) is 5.91 Å². The molecular weight excluding hydrogens is 428 g/mol. The molecule has 1 aromatic heterocycles. The molecule has 0 spiro atoms. The number of pyridine rings is 1. The topological polar surface area (TPSA) is 42.0 Å². The van der Waals surface area contributed by atoms with E-state index in [-0.39, 0.29) is 5.91 Å². The van der Waals surface area contributed by atoms with Crippen LogP contribution in [0.25, 0.3) is 0 Å². The van der Waals surface area contributed by atoms with Crippen LogP contribution in [0, 0.1) is 0 Å². The maximum absolute atomic E-state index is 12.1. The summed E-state index contributed by atoms with van der Waals surface area (Å²) in [4.78, 5) is 16.1. The van der Waals surface area contributed by atoms with E-state index < -0.39 is 0 Å². The molecule has 0 fully saturated rings. The van der Waals surface area contributed by atoms with E-state index in [1.165, 1.54) is 0 Å². The molecule has 0 aliphatic heterocycles. The number of hydrogen-bond donors (Lipinski definition) is 1. The van der Waals surface area contributed by atoms with Gasteiger partial charge in [0.05, 0.1) is 11.3 Å². The fourth-order valence-corrected chi connectivity index (χ4v) is 2.98. The highest BCUT2D eigenvalue weighted by molar-refractivity contribution is 9.11. The van der Waals surface area contributed by atoms with Gasteiger partial charge in [-0.2, -0.15) is 0 Å². The lowest BCUT2D eigenvalue weighted by Crippen LogP contribution is -2.13. The Morgan fingerprint density at radius 1 is 1.06 bits per heavy atom. The molecule has 2 rings (SSSR count). The molecule has 0 bridgehead atoms. The quantitative estimate of drug-likeness (QED) is 0.701. The Kier molecular flexibility index (Phi) is 4.53. The highest BCUT2D eigenvalue weighted by Crippen LogP contribution is 2.31.